The number of halogens is 1. The first-order chi connectivity index (χ1) is 13.9. The zero-order valence-corrected chi connectivity index (χ0v) is 17.0. The zero-order valence-electron chi connectivity index (χ0n) is 17.0. The Kier molecular flexibility index (Phi) is 6.52. The highest BCUT2D eigenvalue weighted by Crippen LogP contribution is 2.34. The van der Waals surface area contributed by atoms with E-state index in [-0.39, 0.29) is 29.8 Å². The maximum absolute atomic E-state index is 14.1. The fraction of sp³-hybridized carbons (Fsp3) is 0.391. The Hall–Kier alpha value is -2.89. The van der Waals surface area contributed by atoms with Crippen LogP contribution in [0.4, 0.5) is 4.39 Å². The molecule has 1 aliphatic rings. The normalized spacial score (nSPS) is 18.7. The van der Waals surface area contributed by atoms with Crippen molar-refractivity contribution in [3.05, 3.63) is 65.5 Å². The van der Waals surface area contributed by atoms with E-state index in [1.54, 1.807) is 24.1 Å². The number of rotatable bonds is 6. The van der Waals surface area contributed by atoms with Crippen molar-refractivity contribution in [2.45, 2.75) is 19.8 Å². The molecule has 6 heteroatoms. The molecule has 3 rings (SSSR count). The number of nitrogens with one attached hydrogen (secondary N) is 1. The highest BCUT2D eigenvalue weighted by molar-refractivity contribution is 5.95. The van der Waals surface area contributed by atoms with Crippen LogP contribution in [0.2, 0.25) is 0 Å². The molecular formula is C23H27FN2O3. The average molecular weight is 398 g/mol. The molecule has 154 valence electrons. The van der Waals surface area contributed by atoms with Gasteiger partial charge in [-0.3, -0.25) is 9.59 Å². The van der Waals surface area contributed by atoms with Gasteiger partial charge in [-0.15, -0.1) is 0 Å². The van der Waals surface area contributed by atoms with E-state index in [2.05, 4.69) is 5.32 Å². The standard InChI is InChI=1S/C23H27FN2O3/c1-15(2)12-25-22(27)20-14-26(23(28)18-6-4-5-7-21(18)24)13-19(20)16-8-10-17(29-3)11-9-16/h4-11,15,19-20H,12-14H2,1-3H3,(H,25,27)/t19-,20-/m0/s1. The summed E-state index contributed by atoms with van der Waals surface area (Å²) in [4.78, 5) is 27.4. The lowest BCUT2D eigenvalue weighted by Gasteiger charge is -2.19. The molecule has 0 bridgehead atoms. The molecule has 0 aromatic heterocycles. The van der Waals surface area contributed by atoms with Crippen molar-refractivity contribution in [1.82, 2.24) is 10.2 Å². The number of carbonyl (C=O) groups is 2. The molecule has 1 fully saturated rings. The lowest BCUT2D eigenvalue weighted by Crippen LogP contribution is -2.37. The summed E-state index contributed by atoms with van der Waals surface area (Å²) in [5.41, 5.74) is 0.989. The van der Waals surface area contributed by atoms with Gasteiger partial charge in [-0.2, -0.15) is 0 Å². The second-order valence-corrected chi connectivity index (χ2v) is 7.82. The Morgan fingerprint density at radius 1 is 1.14 bits per heavy atom. The van der Waals surface area contributed by atoms with E-state index in [0.29, 0.717) is 19.0 Å². The van der Waals surface area contributed by atoms with Crippen molar-refractivity contribution in [2.24, 2.45) is 11.8 Å². The second kappa shape index (κ2) is 9.07. The predicted octanol–water partition coefficient (Wildman–Crippen LogP) is 3.46. The molecule has 1 heterocycles. The maximum Gasteiger partial charge on any atom is 0.256 e. The highest BCUT2D eigenvalue weighted by atomic mass is 19.1. The Bertz CT molecular complexity index is 867. The van der Waals surface area contributed by atoms with Gasteiger partial charge in [0.15, 0.2) is 0 Å². The van der Waals surface area contributed by atoms with Gasteiger partial charge in [0.1, 0.15) is 11.6 Å². The third kappa shape index (κ3) is 4.75. The molecule has 0 spiro atoms. The summed E-state index contributed by atoms with van der Waals surface area (Å²) in [5, 5.41) is 2.98. The summed E-state index contributed by atoms with van der Waals surface area (Å²) in [5.74, 6) is -0.514. The quantitative estimate of drug-likeness (QED) is 0.811. The van der Waals surface area contributed by atoms with E-state index >= 15 is 0 Å². The number of ether oxygens (including phenoxy) is 1. The van der Waals surface area contributed by atoms with Gasteiger partial charge in [0.25, 0.3) is 5.91 Å². The van der Waals surface area contributed by atoms with Gasteiger partial charge < -0.3 is 15.0 Å². The van der Waals surface area contributed by atoms with E-state index in [9.17, 15) is 14.0 Å². The number of nitrogens with zero attached hydrogens (tertiary/aromatic N) is 1. The number of carbonyl (C=O) groups excluding carboxylic acids is 2. The van der Waals surface area contributed by atoms with Crippen LogP contribution in [0.3, 0.4) is 0 Å². The number of benzene rings is 2. The van der Waals surface area contributed by atoms with Crippen LogP contribution in [-0.4, -0.2) is 43.5 Å². The molecule has 1 N–H and O–H groups in total. The van der Waals surface area contributed by atoms with Crippen molar-refractivity contribution >= 4 is 11.8 Å². The predicted molar refractivity (Wildman–Crippen MR) is 109 cm³/mol. The Balaban J connectivity index is 1.85. The van der Waals surface area contributed by atoms with Gasteiger partial charge in [-0.25, -0.2) is 4.39 Å². The number of methoxy groups -OCH3 is 1. The van der Waals surface area contributed by atoms with Crippen LogP contribution in [0, 0.1) is 17.7 Å². The monoisotopic (exact) mass is 398 g/mol. The molecule has 1 saturated heterocycles. The third-order valence-corrected chi connectivity index (χ3v) is 5.28. The van der Waals surface area contributed by atoms with Gasteiger partial charge in [-0.1, -0.05) is 38.1 Å². The summed E-state index contributed by atoms with van der Waals surface area (Å²) < 4.78 is 19.3. The molecule has 0 unspecified atom stereocenters. The Morgan fingerprint density at radius 2 is 1.83 bits per heavy atom. The van der Waals surface area contributed by atoms with Crippen molar-refractivity contribution in [3.8, 4) is 5.75 Å². The average Bonchev–Trinajstić information content (AvgIpc) is 3.17. The Labute approximate surface area is 170 Å². The van der Waals surface area contributed by atoms with Crippen molar-refractivity contribution in [3.63, 3.8) is 0 Å². The summed E-state index contributed by atoms with van der Waals surface area (Å²) in [6.45, 7) is 5.26. The molecule has 0 saturated carbocycles. The van der Waals surface area contributed by atoms with E-state index < -0.39 is 11.7 Å². The van der Waals surface area contributed by atoms with Gasteiger partial charge in [0, 0.05) is 25.6 Å². The third-order valence-electron chi connectivity index (χ3n) is 5.28. The largest absolute Gasteiger partial charge is 0.497 e. The van der Waals surface area contributed by atoms with Crippen LogP contribution in [0.15, 0.2) is 48.5 Å². The van der Waals surface area contributed by atoms with E-state index in [1.165, 1.54) is 12.1 Å². The van der Waals surface area contributed by atoms with Crippen LogP contribution in [0.1, 0.15) is 35.7 Å². The smallest absolute Gasteiger partial charge is 0.256 e. The first-order valence-corrected chi connectivity index (χ1v) is 9.86. The maximum atomic E-state index is 14.1. The molecule has 0 radical (unpaired) electrons. The minimum absolute atomic E-state index is 0.0317. The first-order valence-electron chi connectivity index (χ1n) is 9.86. The van der Waals surface area contributed by atoms with Crippen LogP contribution < -0.4 is 10.1 Å². The summed E-state index contributed by atoms with van der Waals surface area (Å²) in [7, 11) is 1.60. The molecule has 5 nitrogen and oxygen atoms in total. The van der Waals surface area contributed by atoms with Crippen molar-refractivity contribution < 1.29 is 18.7 Å². The van der Waals surface area contributed by atoms with E-state index in [4.69, 9.17) is 4.74 Å². The zero-order chi connectivity index (χ0) is 21.0. The molecule has 29 heavy (non-hydrogen) atoms. The number of hydrogen-bond donors (Lipinski definition) is 1. The van der Waals surface area contributed by atoms with Crippen LogP contribution in [0.25, 0.3) is 0 Å². The van der Waals surface area contributed by atoms with Gasteiger partial charge in [0.2, 0.25) is 5.91 Å². The lowest BCUT2D eigenvalue weighted by atomic mass is 9.88. The number of likely N-dealkylation sites (tertiary alicyclic amines) is 1. The molecule has 2 aromatic rings. The van der Waals surface area contributed by atoms with Crippen LogP contribution >= 0.6 is 0 Å². The molecule has 2 aromatic carbocycles. The van der Waals surface area contributed by atoms with Crippen molar-refractivity contribution in [2.75, 3.05) is 26.7 Å². The van der Waals surface area contributed by atoms with Crippen LogP contribution in [0.5, 0.6) is 5.75 Å². The number of amides is 2. The first kappa shape index (κ1) is 20.8. The summed E-state index contributed by atoms with van der Waals surface area (Å²) in [6, 6.07) is 13.5. The molecule has 1 aliphatic heterocycles. The SMILES string of the molecule is COc1ccc([C@@H]2CN(C(=O)c3ccccc3F)C[C@@H]2C(=O)NCC(C)C)cc1. The second-order valence-electron chi connectivity index (χ2n) is 7.82. The highest BCUT2D eigenvalue weighted by Gasteiger charge is 2.40. The molecule has 2 amide bonds. The van der Waals surface area contributed by atoms with E-state index in [1.807, 2.05) is 38.1 Å². The minimum Gasteiger partial charge on any atom is -0.497 e. The van der Waals surface area contributed by atoms with Gasteiger partial charge in [-0.05, 0) is 35.7 Å². The topological polar surface area (TPSA) is 58.6 Å². The fourth-order valence-electron chi connectivity index (χ4n) is 3.66. The fourth-order valence-corrected chi connectivity index (χ4v) is 3.66. The van der Waals surface area contributed by atoms with Gasteiger partial charge >= 0.3 is 0 Å². The Morgan fingerprint density at radius 3 is 2.45 bits per heavy atom. The minimum atomic E-state index is -0.550. The molecule has 0 aliphatic carbocycles. The van der Waals surface area contributed by atoms with Crippen LogP contribution in [-0.2, 0) is 4.79 Å². The van der Waals surface area contributed by atoms with E-state index in [0.717, 1.165) is 11.3 Å². The summed E-state index contributed by atoms with van der Waals surface area (Å²) >= 11 is 0. The van der Waals surface area contributed by atoms with Gasteiger partial charge in [0.05, 0.1) is 18.6 Å². The lowest BCUT2D eigenvalue weighted by molar-refractivity contribution is -0.125. The number of hydrogen-bond acceptors (Lipinski definition) is 3. The molecule has 2 atom stereocenters. The molecular weight excluding hydrogens is 371 g/mol. The van der Waals surface area contributed by atoms with Crippen molar-refractivity contribution in [1.29, 1.82) is 0 Å². The summed E-state index contributed by atoms with van der Waals surface area (Å²) in [6.07, 6.45) is 0.